The van der Waals surface area contributed by atoms with E-state index in [0.717, 1.165) is 11.8 Å². The van der Waals surface area contributed by atoms with Crippen LogP contribution in [0.3, 0.4) is 0 Å². The standard InChI is InChI=1S/C19H38/c1-3-4-5-6-7-8-9-10-11-12-13-14-15-16-19-17-18(19)2/h18-19H,3-17H2,1-2H3. The maximum atomic E-state index is 2.41. The molecule has 0 aromatic rings. The lowest BCUT2D eigenvalue weighted by Crippen LogP contribution is -1.84. The Hall–Kier alpha value is 0. The van der Waals surface area contributed by atoms with Gasteiger partial charge in [-0.25, -0.2) is 0 Å². The van der Waals surface area contributed by atoms with Gasteiger partial charge in [0.05, 0.1) is 0 Å². The molecule has 19 heavy (non-hydrogen) atoms. The monoisotopic (exact) mass is 266 g/mol. The highest BCUT2D eigenvalue weighted by atomic mass is 14.4. The Labute approximate surface area is 122 Å². The molecule has 0 heterocycles. The van der Waals surface area contributed by atoms with Crippen molar-refractivity contribution in [2.75, 3.05) is 0 Å². The average Bonchev–Trinajstić information content (AvgIpc) is 3.11. The van der Waals surface area contributed by atoms with Gasteiger partial charge < -0.3 is 0 Å². The quantitative estimate of drug-likeness (QED) is 0.293. The number of rotatable bonds is 14. The smallest absolute Gasteiger partial charge is 0.0386 e. The SMILES string of the molecule is CCCCCCCCCCCCCCCC1CC1C. The van der Waals surface area contributed by atoms with Crippen molar-refractivity contribution in [2.45, 2.75) is 110 Å². The summed E-state index contributed by atoms with van der Waals surface area (Å²) >= 11 is 0. The Morgan fingerprint density at radius 2 is 1.00 bits per heavy atom. The van der Waals surface area contributed by atoms with Crippen LogP contribution in [0.15, 0.2) is 0 Å². The van der Waals surface area contributed by atoms with Gasteiger partial charge in [-0.1, -0.05) is 104 Å². The second-order valence-electron chi connectivity index (χ2n) is 7.00. The van der Waals surface area contributed by atoms with E-state index in [1.54, 1.807) is 0 Å². The van der Waals surface area contributed by atoms with Crippen LogP contribution >= 0.6 is 0 Å². The molecular weight excluding hydrogens is 228 g/mol. The molecule has 0 spiro atoms. The molecule has 0 heteroatoms. The Morgan fingerprint density at radius 3 is 1.37 bits per heavy atom. The van der Waals surface area contributed by atoms with Gasteiger partial charge in [-0.05, 0) is 18.3 Å². The van der Waals surface area contributed by atoms with Crippen LogP contribution in [-0.4, -0.2) is 0 Å². The minimum Gasteiger partial charge on any atom is -0.0654 e. The van der Waals surface area contributed by atoms with Crippen molar-refractivity contribution < 1.29 is 0 Å². The van der Waals surface area contributed by atoms with Crippen LogP contribution in [-0.2, 0) is 0 Å². The second-order valence-corrected chi connectivity index (χ2v) is 7.00. The van der Waals surface area contributed by atoms with E-state index in [1.165, 1.54) is 96.3 Å². The van der Waals surface area contributed by atoms with E-state index in [0.29, 0.717) is 0 Å². The maximum absolute atomic E-state index is 2.41. The van der Waals surface area contributed by atoms with Gasteiger partial charge in [0.1, 0.15) is 0 Å². The largest absolute Gasteiger partial charge is 0.0654 e. The molecule has 2 unspecified atom stereocenters. The second kappa shape index (κ2) is 11.8. The van der Waals surface area contributed by atoms with Crippen molar-refractivity contribution in [3.05, 3.63) is 0 Å². The topological polar surface area (TPSA) is 0 Å². The Kier molecular flexibility index (Phi) is 10.6. The van der Waals surface area contributed by atoms with Gasteiger partial charge in [-0.2, -0.15) is 0 Å². The predicted octanol–water partition coefficient (Wildman–Crippen LogP) is 7.12. The van der Waals surface area contributed by atoms with Gasteiger partial charge in [-0.3, -0.25) is 0 Å². The first-order valence-electron chi connectivity index (χ1n) is 9.34. The lowest BCUT2D eigenvalue weighted by Gasteiger charge is -2.03. The van der Waals surface area contributed by atoms with E-state index in [1.807, 2.05) is 0 Å². The molecule has 1 fully saturated rings. The highest BCUT2D eigenvalue weighted by molar-refractivity contribution is 4.81. The molecule has 0 nitrogen and oxygen atoms in total. The maximum Gasteiger partial charge on any atom is -0.0386 e. The first-order valence-corrected chi connectivity index (χ1v) is 9.34. The highest BCUT2D eigenvalue weighted by Crippen LogP contribution is 2.41. The van der Waals surface area contributed by atoms with E-state index < -0.39 is 0 Å². The molecule has 0 aliphatic heterocycles. The molecule has 1 aliphatic carbocycles. The van der Waals surface area contributed by atoms with E-state index in [9.17, 15) is 0 Å². The van der Waals surface area contributed by atoms with Gasteiger partial charge in [0.25, 0.3) is 0 Å². The first-order chi connectivity index (χ1) is 9.34. The van der Waals surface area contributed by atoms with Gasteiger partial charge in [0.15, 0.2) is 0 Å². The molecular formula is C19H38. The van der Waals surface area contributed by atoms with Crippen LogP contribution in [0.2, 0.25) is 0 Å². The van der Waals surface area contributed by atoms with E-state index in [2.05, 4.69) is 13.8 Å². The fraction of sp³-hybridized carbons (Fsp3) is 1.00. The minimum atomic E-state index is 1.07. The van der Waals surface area contributed by atoms with Crippen LogP contribution in [0.5, 0.6) is 0 Å². The van der Waals surface area contributed by atoms with Gasteiger partial charge in [0, 0.05) is 0 Å². The molecule has 0 aromatic heterocycles. The summed E-state index contributed by atoms with van der Waals surface area (Å²) in [5, 5.41) is 0. The van der Waals surface area contributed by atoms with Gasteiger partial charge >= 0.3 is 0 Å². The summed E-state index contributed by atoms with van der Waals surface area (Å²) in [6, 6.07) is 0. The van der Waals surface area contributed by atoms with Crippen molar-refractivity contribution in [1.82, 2.24) is 0 Å². The summed E-state index contributed by atoms with van der Waals surface area (Å²) in [6.07, 6.45) is 22.3. The Morgan fingerprint density at radius 1 is 0.632 bits per heavy atom. The Balaban J connectivity index is 1.63. The third-order valence-electron chi connectivity index (χ3n) is 4.95. The molecule has 1 saturated carbocycles. The third-order valence-corrected chi connectivity index (χ3v) is 4.95. The van der Waals surface area contributed by atoms with Crippen LogP contribution in [0, 0.1) is 11.8 Å². The number of hydrogen-bond acceptors (Lipinski definition) is 0. The average molecular weight is 267 g/mol. The molecule has 114 valence electrons. The summed E-state index contributed by atoms with van der Waals surface area (Å²) in [5.41, 5.74) is 0. The lowest BCUT2D eigenvalue weighted by atomic mass is 10.0. The van der Waals surface area contributed by atoms with E-state index >= 15 is 0 Å². The van der Waals surface area contributed by atoms with Gasteiger partial charge in [-0.15, -0.1) is 0 Å². The van der Waals surface area contributed by atoms with Crippen molar-refractivity contribution in [3.8, 4) is 0 Å². The molecule has 0 N–H and O–H groups in total. The predicted molar refractivity (Wildman–Crippen MR) is 87.6 cm³/mol. The zero-order chi connectivity index (χ0) is 13.8. The molecule has 0 saturated heterocycles. The van der Waals surface area contributed by atoms with Crippen LogP contribution < -0.4 is 0 Å². The molecule has 0 bridgehead atoms. The summed E-state index contributed by atoms with van der Waals surface area (Å²) in [7, 11) is 0. The Bertz CT molecular complexity index is 184. The molecule has 1 rings (SSSR count). The van der Waals surface area contributed by atoms with Crippen molar-refractivity contribution in [2.24, 2.45) is 11.8 Å². The zero-order valence-corrected chi connectivity index (χ0v) is 13.8. The zero-order valence-electron chi connectivity index (χ0n) is 13.8. The van der Waals surface area contributed by atoms with Crippen molar-refractivity contribution in [3.63, 3.8) is 0 Å². The summed E-state index contributed by atoms with van der Waals surface area (Å²) < 4.78 is 0. The van der Waals surface area contributed by atoms with E-state index in [-0.39, 0.29) is 0 Å². The van der Waals surface area contributed by atoms with Crippen LogP contribution in [0.4, 0.5) is 0 Å². The molecule has 0 amide bonds. The van der Waals surface area contributed by atoms with E-state index in [4.69, 9.17) is 0 Å². The molecule has 0 aromatic carbocycles. The third kappa shape index (κ3) is 10.4. The molecule has 0 radical (unpaired) electrons. The van der Waals surface area contributed by atoms with Crippen molar-refractivity contribution in [1.29, 1.82) is 0 Å². The summed E-state index contributed by atoms with van der Waals surface area (Å²) in [6.45, 7) is 4.71. The minimum absolute atomic E-state index is 1.07. The first kappa shape index (κ1) is 17.1. The van der Waals surface area contributed by atoms with Gasteiger partial charge in [0.2, 0.25) is 0 Å². The highest BCUT2D eigenvalue weighted by Gasteiger charge is 2.31. The lowest BCUT2D eigenvalue weighted by molar-refractivity contribution is 0.525. The number of hydrogen-bond donors (Lipinski definition) is 0. The van der Waals surface area contributed by atoms with Crippen LogP contribution in [0.25, 0.3) is 0 Å². The van der Waals surface area contributed by atoms with Crippen molar-refractivity contribution >= 4 is 0 Å². The fourth-order valence-corrected chi connectivity index (χ4v) is 3.23. The fourth-order valence-electron chi connectivity index (χ4n) is 3.23. The normalized spacial score (nSPS) is 21.8. The molecule has 2 atom stereocenters. The summed E-state index contributed by atoms with van der Waals surface area (Å²) in [4.78, 5) is 0. The molecule has 1 aliphatic rings. The summed E-state index contributed by atoms with van der Waals surface area (Å²) in [5.74, 6) is 2.19. The number of unbranched alkanes of at least 4 members (excludes halogenated alkanes) is 12. The van der Waals surface area contributed by atoms with Crippen LogP contribution in [0.1, 0.15) is 110 Å².